The molecule has 1 atom stereocenters. The molecule has 0 saturated carbocycles. The minimum Gasteiger partial charge on any atom is -0.378 e. The number of nitrogens with zero attached hydrogens (tertiary/aromatic N) is 3. The SMILES string of the molecule is O=C1CCC(CNc2cc3nc[nH]c(=O)c3c(Nc3ccc(N4CCOCC4)cc3)n2)N1. The molecule has 10 heteroatoms. The molecule has 3 aromatic rings. The first kappa shape index (κ1) is 20.3. The number of carbonyl (C=O) groups excluding carboxylic acids is 1. The number of carbonyl (C=O) groups is 1. The van der Waals surface area contributed by atoms with Crippen molar-refractivity contribution in [3.8, 4) is 0 Å². The zero-order valence-corrected chi connectivity index (χ0v) is 17.6. The second kappa shape index (κ2) is 8.83. The minimum atomic E-state index is -0.260. The van der Waals surface area contributed by atoms with Gasteiger partial charge < -0.3 is 30.6 Å². The maximum Gasteiger partial charge on any atom is 0.262 e. The summed E-state index contributed by atoms with van der Waals surface area (Å²) < 4.78 is 5.42. The van der Waals surface area contributed by atoms with Gasteiger partial charge in [0.05, 0.1) is 25.1 Å². The standard InChI is InChI=1S/C22H25N7O3/c30-19-6-3-15(26-19)12-23-18-11-17-20(22(31)25-13-24-17)21(28-18)27-14-1-4-16(5-2-14)29-7-9-32-10-8-29/h1-2,4-5,11,13,15H,3,6-10,12H2,(H,26,30)(H2,23,27,28)(H,24,25,31). The van der Waals surface area contributed by atoms with E-state index in [9.17, 15) is 9.59 Å². The molecule has 2 aliphatic heterocycles. The summed E-state index contributed by atoms with van der Waals surface area (Å²) in [4.78, 5) is 37.8. The third-order valence-electron chi connectivity index (χ3n) is 5.75. The van der Waals surface area contributed by atoms with Crippen LogP contribution >= 0.6 is 0 Å². The Kier molecular flexibility index (Phi) is 5.59. The smallest absolute Gasteiger partial charge is 0.262 e. The zero-order chi connectivity index (χ0) is 21.9. The number of fused-ring (bicyclic) bond motifs is 1. The first-order valence-corrected chi connectivity index (χ1v) is 10.8. The maximum absolute atomic E-state index is 12.5. The summed E-state index contributed by atoms with van der Waals surface area (Å²) in [5.41, 5.74) is 2.23. The topological polar surface area (TPSA) is 124 Å². The average molecular weight is 435 g/mol. The van der Waals surface area contributed by atoms with Crippen LogP contribution in [0.2, 0.25) is 0 Å². The van der Waals surface area contributed by atoms with E-state index in [2.05, 4.69) is 35.8 Å². The van der Waals surface area contributed by atoms with Crippen LogP contribution in [0.15, 0.2) is 41.5 Å². The van der Waals surface area contributed by atoms with Crippen molar-refractivity contribution in [2.75, 3.05) is 48.4 Å². The van der Waals surface area contributed by atoms with Crippen molar-refractivity contribution in [1.82, 2.24) is 20.3 Å². The Labute approximate surface area is 184 Å². The lowest BCUT2D eigenvalue weighted by molar-refractivity contribution is -0.119. The highest BCUT2D eigenvalue weighted by atomic mass is 16.5. The van der Waals surface area contributed by atoms with Crippen molar-refractivity contribution in [3.63, 3.8) is 0 Å². The van der Waals surface area contributed by atoms with Gasteiger partial charge >= 0.3 is 0 Å². The van der Waals surface area contributed by atoms with Crippen molar-refractivity contribution < 1.29 is 9.53 Å². The largest absolute Gasteiger partial charge is 0.378 e. The number of morpholine rings is 1. The van der Waals surface area contributed by atoms with Gasteiger partial charge in [0.1, 0.15) is 17.0 Å². The number of anilines is 4. The second-order valence-electron chi connectivity index (χ2n) is 7.94. The Balaban J connectivity index is 1.39. The number of aromatic amines is 1. The van der Waals surface area contributed by atoms with Crippen molar-refractivity contribution >= 4 is 39.8 Å². The van der Waals surface area contributed by atoms with Gasteiger partial charge in [-0.3, -0.25) is 9.59 Å². The molecule has 0 aliphatic carbocycles. The fourth-order valence-electron chi connectivity index (χ4n) is 4.04. The van der Waals surface area contributed by atoms with E-state index in [4.69, 9.17) is 4.74 Å². The van der Waals surface area contributed by atoms with Gasteiger partial charge in [0.25, 0.3) is 5.56 Å². The first-order valence-electron chi connectivity index (χ1n) is 10.8. The number of pyridine rings is 1. The number of ether oxygens (including phenoxy) is 1. The molecule has 1 amide bonds. The normalized spacial score (nSPS) is 18.6. The zero-order valence-electron chi connectivity index (χ0n) is 17.6. The lowest BCUT2D eigenvalue weighted by atomic mass is 10.2. The monoisotopic (exact) mass is 435 g/mol. The number of hydrogen-bond acceptors (Lipinski definition) is 8. The maximum atomic E-state index is 12.5. The van der Waals surface area contributed by atoms with Gasteiger partial charge in [-0.25, -0.2) is 9.97 Å². The molecule has 1 unspecified atom stereocenters. The summed E-state index contributed by atoms with van der Waals surface area (Å²) in [6.07, 6.45) is 2.71. The van der Waals surface area contributed by atoms with E-state index in [0.717, 1.165) is 44.1 Å². The molecule has 0 spiro atoms. The predicted molar refractivity (Wildman–Crippen MR) is 123 cm³/mol. The van der Waals surface area contributed by atoms with Gasteiger partial charge in [0, 0.05) is 49.5 Å². The molecule has 2 saturated heterocycles. The van der Waals surface area contributed by atoms with E-state index in [1.807, 2.05) is 24.3 Å². The Morgan fingerprint density at radius 2 is 1.97 bits per heavy atom. The molecular weight excluding hydrogens is 410 g/mol. The molecule has 10 nitrogen and oxygen atoms in total. The summed E-state index contributed by atoms with van der Waals surface area (Å²) in [6, 6.07) is 9.84. The van der Waals surface area contributed by atoms with Crippen LogP contribution in [0.3, 0.4) is 0 Å². The van der Waals surface area contributed by atoms with Crippen LogP contribution in [0.4, 0.5) is 23.0 Å². The van der Waals surface area contributed by atoms with Gasteiger partial charge in [0.15, 0.2) is 0 Å². The third-order valence-corrected chi connectivity index (χ3v) is 5.75. The number of amides is 1. The Hall–Kier alpha value is -3.66. The molecule has 0 bridgehead atoms. The van der Waals surface area contributed by atoms with Crippen LogP contribution in [0, 0.1) is 0 Å². The van der Waals surface area contributed by atoms with Crippen LogP contribution in [-0.4, -0.2) is 59.7 Å². The number of rotatable bonds is 6. The van der Waals surface area contributed by atoms with Crippen LogP contribution in [-0.2, 0) is 9.53 Å². The molecule has 0 radical (unpaired) electrons. The summed E-state index contributed by atoms with van der Waals surface area (Å²) in [5, 5.41) is 9.85. The molecule has 2 fully saturated rings. The molecule has 1 aromatic carbocycles. The number of aromatic nitrogens is 3. The fourth-order valence-corrected chi connectivity index (χ4v) is 4.04. The van der Waals surface area contributed by atoms with Gasteiger partial charge in [-0.05, 0) is 30.7 Å². The highest BCUT2D eigenvalue weighted by molar-refractivity contribution is 5.92. The van der Waals surface area contributed by atoms with Crippen LogP contribution in [0.5, 0.6) is 0 Å². The summed E-state index contributed by atoms with van der Waals surface area (Å²) >= 11 is 0. The van der Waals surface area contributed by atoms with Crippen LogP contribution in [0.1, 0.15) is 12.8 Å². The Morgan fingerprint density at radius 3 is 2.72 bits per heavy atom. The lowest BCUT2D eigenvalue weighted by Gasteiger charge is -2.28. The summed E-state index contributed by atoms with van der Waals surface area (Å²) in [6.45, 7) is 3.76. The number of hydrogen-bond donors (Lipinski definition) is 4. The van der Waals surface area contributed by atoms with Crippen LogP contribution in [0.25, 0.3) is 10.9 Å². The van der Waals surface area contributed by atoms with E-state index in [1.165, 1.54) is 6.33 Å². The van der Waals surface area contributed by atoms with Crippen molar-refractivity contribution in [1.29, 1.82) is 0 Å². The van der Waals surface area contributed by atoms with E-state index in [-0.39, 0.29) is 17.5 Å². The molecule has 4 N–H and O–H groups in total. The van der Waals surface area contributed by atoms with E-state index >= 15 is 0 Å². The van der Waals surface area contributed by atoms with E-state index in [0.29, 0.717) is 35.5 Å². The number of benzene rings is 1. The van der Waals surface area contributed by atoms with E-state index in [1.54, 1.807) is 6.07 Å². The molecule has 32 heavy (non-hydrogen) atoms. The van der Waals surface area contributed by atoms with Gasteiger partial charge in [0.2, 0.25) is 5.91 Å². The van der Waals surface area contributed by atoms with Crippen molar-refractivity contribution in [2.45, 2.75) is 18.9 Å². The van der Waals surface area contributed by atoms with Gasteiger partial charge in [-0.15, -0.1) is 0 Å². The third kappa shape index (κ3) is 4.35. The second-order valence-corrected chi connectivity index (χ2v) is 7.94. The number of nitrogens with one attached hydrogen (secondary N) is 4. The molecule has 166 valence electrons. The Morgan fingerprint density at radius 1 is 1.16 bits per heavy atom. The van der Waals surface area contributed by atoms with E-state index < -0.39 is 0 Å². The fraction of sp³-hybridized carbons (Fsp3) is 0.364. The molecule has 4 heterocycles. The minimum absolute atomic E-state index is 0.0660. The quantitative estimate of drug-likeness (QED) is 0.460. The number of H-pyrrole nitrogens is 1. The average Bonchev–Trinajstić information content (AvgIpc) is 3.24. The molecule has 5 rings (SSSR count). The van der Waals surface area contributed by atoms with Crippen LogP contribution < -0.4 is 26.4 Å². The van der Waals surface area contributed by atoms with Gasteiger partial charge in [-0.2, -0.15) is 0 Å². The Bertz CT molecular complexity index is 1170. The lowest BCUT2D eigenvalue weighted by Crippen LogP contribution is -2.36. The summed E-state index contributed by atoms with van der Waals surface area (Å²) in [5.74, 6) is 1.08. The van der Waals surface area contributed by atoms with Gasteiger partial charge in [-0.1, -0.05) is 0 Å². The van der Waals surface area contributed by atoms with Crippen molar-refractivity contribution in [2.24, 2.45) is 0 Å². The first-order chi connectivity index (χ1) is 15.7. The highest BCUT2D eigenvalue weighted by Crippen LogP contribution is 2.26. The predicted octanol–water partition coefficient (Wildman–Crippen LogP) is 1.59. The highest BCUT2D eigenvalue weighted by Gasteiger charge is 2.21. The molecular formula is C22H25N7O3. The summed E-state index contributed by atoms with van der Waals surface area (Å²) in [7, 11) is 0. The molecule has 2 aromatic heterocycles. The van der Waals surface area contributed by atoms with Crippen molar-refractivity contribution in [3.05, 3.63) is 47.0 Å². The molecule has 2 aliphatic rings.